The van der Waals surface area contributed by atoms with Crippen LogP contribution in [-0.2, 0) is 10.0 Å². The number of fused-ring (bicyclic) bond motifs is 1. The van der Waals surface area contributed by atoms with E-state index in [0.29, 0.717) is 18.8 Å². The van der Waals surface area contributed by atoms with Crippen LogP contribution in [0.1, 0.15) is 23.6 Å². The van der Waals surface area contributed by atoms with Crippen LogP contribution in [0.15, 0.2) is 47.4 Å². The van der Waals surface area contributed by atoms with Gasteiger partial charge >= 0.3 is 0 Å². The Balaban J connectivity index is 1.97. The molecule has 0 amide bonds. The lowest BCUT2D eigenvalue weighted by Crippen LogP contribution is -2.34. The fraction of sp³-hybridized carbons (Fsp3) is 0.333. The number of hydrogen-bond donors (Lipinski definition) is 0. The molecule has 0 spiro atoms. The molecular weight excluding hydrogens is 326 g/mol. The van der Waals surface area contributed by atoms with Gasteiger partial charge in [0.2, 0.25) is 10.0 Å². The van der Waals surface area contributed by atoms with Gasteiger partial charge in [-0.05, 0) is 36.8 Å². The van der Waals surface area contributed by atoms with Gasteiger partial charge in [0.1, 0.15) is 11.5 Å². The molecule has 3 rings (SSSR count). The van der Waals surface area contributed by atoms with Crippen LogP contribution in [-0.4, -0.2) is 33.5 Å². The molecule has 1 heterocycles. The van der Waals surface area contributed by atoms with Crippen LogP contribution in [0.25, 0.3) is 0 Å². The Labute approximate surface area is 142 Å². The highest BCUT2D eigenvalue weighted by Gasteiger charge is 2.33. The quantitative estimate of drug-likeness (QED) is 0.852. The average molecular weight is 347 g/mol. The highest BCUT2D eigenvalue weighted by Crippen LogP contribution is 2.37. The molecule has 5 nitrogen and oxygen atoms in total. The van der Waals surface area contributed by atoms with E-state index in [1.165, 1.54) is 4.31 Å². The van der Waals surface area contributed by atoms with Crippen LogP contribution in [0, 0.1) is 6.92 Å². The molecule has 1 unspecified atom stereocenters. The number of para-hydroxylation sites is 1. The van der Waals surface area contributed by atoms with Gasteiger partial charge in [-0.2, -0.15) is 4.31 Å². The predicted molar refractivity (Wildman–Crippen MR) is 92.0 cm³/mol. The van der Waals surface area contributed by atoms with E-state index in [-0.39, 0.29) is 10.9 Å². The Bertz CT molecular complexity index is 848. The molecule has 1 aliphatic heterocycles. The maximum Gasteiger partial charge on any atom is 0.243 e. The van der Waals surface area contributed by atoms with Crippen molar-refractivity contribution >= 4 is 10.0 Å². The first kappa shape index (κ1) is 16.8. The van der Waals surface area contributed by atoms with Crippen LogP contribution in [0.3, 0.4) is 0 Å². The topological polar surface area (TPSA) is 55.8 Å². The first-order valence-electron chi connectivity index (χ1n) is 7.79. The molecule has 0 saturated heterocycles. The van der Waals surface area contributed by atoms with Crippen LogP contribution in [0.4, 0.5) is 0 Å². The van der Waals surface area contributed by atoms with Gasteiger partial charge in [-0.25, -0.2) is 8.42 Å². The van der Waals surface area contributed by atoms with Gasteiger partial charge < -0.3 is 9.47 Å². The van der Waals surface area contributed by atoms with E-state index >= 15 is 0 Å². The second kappa shape index (κ2) is 6.45. The zero-order valence-electron chi connectivity index (χ0n) is 14.0. The Kier molecular flexibility index (Phi) is 4.51. The number of rotatable bonds is 4. The summed E-state index contributed by atoms with van der Waals surface area (Å²) in [5.41, 5.74) is 1.69. The van der Waals surface area contributed by atoms with Crippen molar-refractivity contribution in [2.24, 2.45) is 0 Å². The van der Waals surface area contributed by atoms with E-state index in [0.717, 1.165) is 16.9 Å². The van der Waals surface area contributed by atoms with E-state index in [1.54, 1.807) is 32.4 Å². The van der Waals surface area contributed by atoms with Gasteiger partial charge in [-0.15, -0.1) is 0 Å². The van der Waals surface area contributed by atoms with Crippen molar-refractivity contribution in [3.63, 3.8) is 0 Å². The van der Waals surface area contributed by atoms with Gasteiger partial charge in [0.25, 0.3) is 0 Å². The molecule has 0 N–H and O–H groups in total. The third-order valence-electron chi connectivity index (χ3n) is 4.41. The summed E-state index contributed by atoms with van der Waals surface area (Å²) < 4.78 is 38.4. The fourth-order valence-corrected chi connectivity index (χ4v) is 4.50. The van der Waals surface area contributed by atoms with Crippen LogP contribution in [0.5, 0.6) is 11.5 Å². The van der Waals surface area contributed by atoms with Gasteiger partial charge in [0.15, 0.2) is 0 Å². The summed E-state index contributed by atoms with van der Waals surface area (Å²) in [6, 6.07) is 12.3. The van der Waals surface area contributed by atoms with Crippen LogP contribution >= 0.6 is 0 Å². The molecule has 24 heavy (non-hydrogen) atoms. The van der Waals surface area contributed by atoms with Crippen molar-refractivity contribution in [3.05, 3.63) is 53.6 Å². The molecule has 0 aromatic heterocycles. The first-order chi connectivity index (χ1) is 11.4. The number of benzene rings is 2. The Morgan fingerprint density at radius 2 is 1.96 bits per heavy atom. The molecule has 1 atom stereocenters. The minimum atomic E-state index is -3.61. The van der Waals surface area contributed by atoms with Crippen LogP contribution in [0.2, 0.25) is 0 Å². The summed E-state index contributed by atoms with van der Waals surface area (Å²) >= 11 is 0. The Morgan fingerprint density at radius 3 is 2.67 bits per heavy atom. The summed E-state index contributed by atoms with van der Waals surface area (Å²) in [5, 5.41) is 0. The SMILES string of the molecule is COc1ccc(S(=O)(=O)N(C)C2CCOc3ccccc32)cc1C. The lowest BCUT2D eigenvalue weighted by Gasteiger charge is -2.32. The van der Waals surface area contributed by atoms with Crippen molar-refractivity contribution in [2.75, 3.05) is 20.8 Å². The lowest BCUT2D eigenvalue weighted by molar-refractivity contribution is 0.221. The van der Waals surface area contributed by atoms with E-state index < -0.39 is 10.0 Å². The van der Waals surface area contributed by atoms with Crippen molar-refractivity contribution < 1.29 is 17.9 Å². The highest BCUT2D eigenvalue weighted by molar-refractivity contribution is 7.89. The minimum Gasteiger partial charge on any atom is -0.496 e. The molecule has 0 aliphatic carbocycles. The smallest absolute Gasteiger partial charge is 0.243 e. The number of nitrogens with zero attached hydrogens (tertiary/aromatic N) is 1. The molecular formula is C18H21NO4S. The van der Waals surface area contributed by atoms with Crippen LogP contribution < -0.4 is 9.47 Å². The molecule has 0 bridgehead atoms. The Morgan fingerprint density at radius 1 is 1.21 bits per heavy atom. The third-order valence-corrected chi connectivity index (χ3v) is 6.27. The van der Waals surface area contributed by atoms with Gasteiger partial charge in [-0.1, -0.05) is 18.2 Å². The minimum absolute atomic E-state index is 0.234. The molecule has 6 heteroatoms. The molecule has 0 radical (unpaired) electrons. The van der Waals surface area contributed by atoms with Gasteiger partial charge in [0, 0.05) is 19.0 Å². The molecule has 0 saturated carbocycles. The normalized spacial score (nSPS) is 17.2. The second-order valence-corrected chi connectivity index (χ2v) is 7.84. The maximum absolute atomic E-state index is 13.0. The maximum atomic E-state index is 13.0. The van der Waals surface area contributed by atoms with Gasteiger partial charge in [-0.3, -0.25) is 0 Å². The van der Waals surface area contributed by atoms with E-state index in [1.807, 2.05) is 31.2 Å². The zero-order chi connectivity index (χ0) is 17.3. The lowest BCUT2D eigenvalue weighted by atomic mass is 10.0. The van der Waals surface area contributed by atoms with Crippen molar-refractivity contribution in [1.29, 1.82) is 0 Å². The standard InChI is InChI=1S/C18H21NO4S/c1-13-12-14(8-9-17(13)22-3)24(20,21)19(2)16-10-11-23-18-7-5-4-6-15(16)18/h4-9,12,16H,10-11H2,1-3H3. The monoisotopic (exact) mass is 347 g/mol. The van der Waals surface area contributed by atoms with Gasteiger partial charge in [0.05, 0.1) is 24.7 Å². The summed E-state index contributed by atoms with van der Waals surface area (Å²) in [5.74, 6) is 1.43. The summed E-state index contributed by atoms with van der Waals surface area (Å²) in [4.78, 5) is 0.271. The third kappa shape index (κ3) is 2.87. The molecule has 0 fully saturated rings. The number of methoxy groups -OCH3 is 1. The van der Waals surface area contributed by atoms with E-state index in [9.17, 15) is 8.42 Å². The largest absolute Gasteiger partial charge is 0.496 e. The number of aryl methyl sites for hydroxylation is 1. The van der Waals surface area contributed by atoms with Crippen molar-refractivity contribution in [2.45, 2.75) is 24.3 Å². The molecule has 1 aliphatic rings. The van der Waals surface area contributed by atoms with E-state index in [2.05, 4.69) is 0 Å². The molecule has 128 valence electrons. The zero-order valence-corrected chi connectivity index (χ0v) is 14.8. The van der Waals surface area contributed by atoms with E-state index in [4.69, 9.17) is 9.47 Å². The Hall–Kier alpha value is -2.05. The number of sulfonamides is 1. The summed E-state index contributed by atoms with van der Waals surface area (Å²) in [7, 11) is -0.409. The number of ether oxygens (including phenoxy) is 2. The number of hydrogen-bond acceptors (Lipinski definition) is 4. The first-order valence-corrected chi connectivity index (χ1v) is 9.23. The second-order valence-electron chi connectivity index (χ2n) is 5.84. The highest BCUT2D eigenvalue weighted by atomic mass is 32.2. The van der Waals surface area contributed by atoms with Crippen molar-refractivity contribution in [3.8, 4) is 11.5 Å². The fourth-order valence-electron chi connectivity index (χ4n) is 3.05. The molecule has 2 aromatic carbocycles. The predicted octanol–water partition coefficient (Wildman–Crippen LogP) is 3.15. The summed E-state index contributed by atoms with van der Waals surface area (Å²) in [6.07, 6.45) is 0.627. The van der Waals surface area contributed by atoms with Crippen molar-refractivity contribution in [1.82, 2.24) is 4.31 Å². The average Bonchev–Trinajstić information content (AvgIpc) is 2.60. The molecule has 2 aromatic rings. The summed E-state index contributed by atoms with van der Waals surface area (Å²) in [6.45, 7) is 2.34.